The Morgan fingerprint density at radius 2 is 1.83 bits per heavy atom. The number of hydrogen-bond acceptors (Lipinski definition) is 3. The molecule has 24 heavy (non-hydrogen) atoms. The minimum Gasteiger partial charge on any atom is -0.357 e. The Morgan fingerprint density at radius 1 is 1.12 bits per heavy atom. The van der Waals surface area contributed by atoms with Crippen LogP contribution in [0.3, 0.4) is 0 Å². The first-order valence-electron chi connectivity index (χ1n) is 8.93. The molecule has 0 bridgehead atoms. The van der Waals surface area contributed by atoms with Crippen molar-refractivity contribution < 1.29 is 0 Å². The van der Waals surface area contributed by atoms with Crippen LogP contribution in [-0.4, -0.2) is 68.1 Å². The highest BCUT2D eigenvalue weighted by atomic mass is 15.3. The van der Waals surface area contributed by atoms with E-state index in [4.69, 9.17) is 0 Å². The van der Waals surface area contributed by atoms with Gasteiger partial charge in [-0.05, 0) is 12.5 Å². The Labute approximate surface area is 146 Å². The average molecular weight is 329 g/mol. The minimum atomic E-state index is 0.740. The maximum Gasteiger partial charge on any atom is 0.191 e. The van der Waals surface area contributed by atoms with E-state index >= 15 is 0 Å². The van der Waals surface area contributed by atoms with Crippen LogP contribution in [0.2, 0.25) is 0 Å². The predicted octanol–water partition coefficient (Wildman–Crippen LogP) is 1.55. The zero-order valence-electron chi connectivity index (χ0n) is 14.9. The van der Waals surface area contributed by atoms with E-state index in [0.717, 1.165) is 64.9 Å². The second kappa shape index (κ2) is 10.8. The maximum atomic E-state index is 4.62. The normalized spacial score (nSPS) is 16.8. The number of benzene rings is 1. The lowest BCUT2D eigenvalue weighted by Gasteiger charge is -2.34. The first kappa shape index (κ1) is 18.5. The molecule has 5 nitrogen and oxygen atoms in total. The molecule has 1 fully saturated rings. The number of rotatable bonds is 8. The highest BCUT2D eigenvalue weighted by Gasteiger charge is 2.16. The summed E-state index contributed by atoms with van der Waals surface area (Å²) in [6, 6.07) is 10.7. The third-order valence-electron chi connectivity index (χ3n) is 4.16. The van der Waals surface area contributed by atoms with Gasteiger partial charge < -0.3 is 10.6 Å². The van der Waals surface area contributed by atoms with Crippen molar-refractivity contribution in [2.24, 2.45) is 4.99 Å². The summed E-state index contributed by atoms with van der Waals surface area (Å²) in [7, 11) is 0. The summed E-state index contributed by atoms with van der Waals surface area (Å²) in [4.78, 5) is 9.66. The lowest BCUT2D eigenvalue weighted by atomic mass is 10.2. The zero-order valence-corrected chi connectivity index (χ0v) is 14.9. The van der Waals surface area contributed by atoms with Crippen LogP contribution in [0.4, 0.5) is 0 Å². The fourth-order valence-electron chi connectivity index (χ4n) is 2.83. The van der Waals surface area contributed by atoms with Gasteiger partial charge in [-0.2, -0.15) is 0 Å². The second-order valence-electron chi connectivity index (χ2n) is 6.03. The van der Waals surface area contributed by atoms with Crippen LogP contribution in [0.5, 0.6) is 0 Å². The van der Waals surface area contributed by atoms with Crippen molar-refractivity contribution in [3.63, 3.8) is 0 Å². The van der Waals surface area contributed by atoms with Crippen LogP contribution in [0.25, 0.3) is 0 Å². The van der Waals surface area contributed by atoms with Gasteiger partial charge in [0.25, 0.3) is 0 Å². The van der Waals surface area contributed by atoms with E-state index in [-0.39, 0.29) is 0 Å². The molecular formula is C19H31N5. The van der Waals surface area contributed by atoms with Gasteiger partial charge in [0.15, 0.2) is 5.96 Å². The van der Waals surface area contributed by atoms with Crippen molar-refractivity contribution in [3.05, 3.63) is 48.6 Å². The molecule has 1 aromatic carbocycles. The summed E-state index contributed by atoms with van der Waals surface area (Å²) in [5, 5.41) is 6.49. The highest BCUT2D eigenvalue weighted by Crippen LogP contribution is 2.08. The third kappa shape index (κ3) is 6.72. The average Bonchev–Trinajstić information content (AvgIpc) is 2.62. The van der Waals surface area contributed by atoms with E-state index in [0.29, 0.717) is 0 Å². The van der Waals surface area contributed by atoms with Crippen LogP contribution >= 0.6 is 0 Å². The zero-order chi connectivity index (χ0) is 17.0. The molecule has 0 unspecified atom stereocenters. The van der Waals surface area contributed by atoms with Gasteiger partial charge in [0.05, 0.1) is 6.54 Å². The highest BCUT2D eigenvalue weighted by molar-refractivity contribution is 5.79. The molecule has 2 rings (SSSR count). The molecule has 1 aliphatic rings. The first-order valence-corrected chi connectivity index (χ1v) is 8.93. The lowest BCUT2D eigenvalue weighted by Crippen LogP contribution is -2.46. The fraction of sp³-hybridized carbons (Fsp3) is 0.526. The van der Waals surface area contributed by atoms with Crippen molar-refractivity contribution in [1.29, 1.82) is 0 Å². The fourth-order valence-corrected chi connectivity index (χ4v) is 2.83. The molecule has 0 atom stereocenters. The van der Waals surface area contributed by atoms with Crippen molar-refractivity contribution in [2.45, 2.75) is 13.5 Å². The Bertz CT molecular complexity index is 492. The number of hydrogen-bond donors (Lipinski definition) is 2. The molecule has 5 heteroatoms. The van der Waals surface area contributed by atoms with E-state index in [1.54, 1.807) is 0 Å². The molecule has 1 saturated heterocycles. The summed E-state index contributed by atoms with van der Waals surface area (Å²) in [5.74, 6) is 0.875. The van der Waals surface area contributed by atoms with Gasteiger partial charge in [-0.15, -0.1) is 6.58 Å². The van der Waals surface area contributed by atoms with E-state index in [2.05, 4.69) is 69.3 Å². The second-order valence-corrected chi connectivity index (χ2v) is 6.03. The molecule has 0 aromatic heterocycles. The predicted molar refractivity (Wildman–Crippen MR) is 102 cm³/mol. The number of aliphatic imine (C=N–C) groups is 1. The smallest absolute Gasteiger partial charge is 0.191 e. The van der Waals surface area contributed by atoms with E-state index in [1.165, 1.54) is 5.56 Å². The number of guanidine groups is 1. The van der Waals surface area contributed by atoms with Gasteiger partial charge in [0.1, 0.15) is 0 Å². The topological polar surface area (TPSA) is 42.9 Å². The summed E-state index contributed by atoms with van der Waals surface area (Å²) >= 11 is 0. The molecular weight excluding hydrogens is 298 g/mol. The van der Waals surface area contributed by atoms with Crippen LogP contribution in [0, 0.1) is 0 Å². The van der Waals surface area contributed by atoms with Gasteiger partial charge in [-0.3, -0.25) is 14.8 Å². The Hall–Kier alpha value is -1.85. The van der Waals surface area contributed by atoms with Gasteiger partial charge in [-0.1, -0.05) is 36.4 Å². The standard InChI is InChI=1S/C19H31N5/c1-3-10-21-19(20-4-2)22-11-12-23-13-15-24(16-14-23)17-18-8-6-5-7-9-18/h3,5-9H,1,4,10-17H2,2H3,(H2,20,21,22). The van der Waals surface area contributed by atoms with Gasteiger partial charge in [0.2, 0.25) is 0 Å². The largest absolute Gasteiger partial charge is 0.357 e. The molecule has 0 radical (unpaired) electrons. The summed E-state index contributed by atoms with van der Waals surface area (Å²) in [6.07, 6.45) is 1.85. The molecule has 1 aliphatic heterocycles. The van der Waals surface area contributed by atoms with Crippen molar-refractivity contribution in [1.82, 2.24) is 20.4 Å². The molecule has 1 aromatic rings. The molecule has 132 valence electrons. The van der Waals surface area contributed by atoms with Crippen molar-refractivity contribution >= 4 is 5.96 Å². The number of piperazine rings is 1. The van der Waals surface area contributed by atoms with E-state index in [9.17, 15) is 0 Å². The first-order chi connectivity index (χ1) is 11.8. The van der Waals surface area contributed by atoms with Gasteiger partial charge in [0, 0.05) is 52.4 Å². The number of nitrogens with zero attached hydrogens (tertiary/aromatic N) is 3. The molecule has 0 aliphatic carbocycles. The lowest BCUT2D eigenvalue weighted by molar-refractivity contribution is 0.130. The Kier molecular flexibility index (Phi) is 8.35. The monoisotopic (exact) mass is 329 g/mol. The summed E-state index contributed by atoms with van der Waals surface area (Å²) < 4.78 is 0. The van der Waals surface area contributed by atoms with E-state index in [1.807, 2.05) is 6.08 Å². The number of nitrogens with one attached hydrogen (secondary N) is 2. The Balaban J connectivity index is 1.67. The SMILES string of the molecule is C=CCNC(=NCCN1CCN(Cc2ccccc2)CC1)NCC. The molecule has 0 amide bonds. The molecule has 2 N–H and O–H groups in total. The van der Waals surface area contributed by atoms with Crippen molar-refractivity contribution in [3.8, 4) is 0 Å². The maximum absolute atomic E-state index is 4.62. The van der Waals surface area contributed by atoms with Gasteiger partial charge in [-0.25, -0.2) is 0 Å². The Morgan fingerprint density at radius 3 is 2.50 bits per heavy atom. The quantitative estimate of drug-likeness (QED) is 0.431. The third-order valence-corrected chi connectivity index (χ3v) is 4.16. The molecule has 1 heterocycles. The van der Waals surface area contributed by atoms with Crippen LogP contribution in [0.15, 0.2) is 48.0 Å². The summed E-state index contributed by atoms with van der Waals surface area (Å²) in [6.45, 7) is 14.8. The van der Waals surface area contributed by atoms with E-state index < -0.39 is 0 Å². The van der Waals surface area contributed by atoms with Crippen molar-refractivity contribution in [2.75, 3.05) is 52.4 Å². The van der Waals surface area contributed by atoms with Crippen LogP contribution in [0.1, 0.15) is 12.5 Å². The van der Waals surface area contributed by atoms with Crippen LogP contribution in [-0.2, 0) is 6.54 Å². The molecule has 0 saturated carbocycles. The minimum absolute atomic E-state index is 0.740. The summed E-state index contributed by atoms with van der Waals surface area (Å²) in [5.41, 5.74) is 1.40. The molecule has 0 spiro atoms. The van der Waals surface area contributed by atoms with Gasteiger partial charge >= 0.3 is 0 Å². The van der Waals surface area contributed by atoms with Crippen LogP contribution < -0.4 is 10.6 Å².